The van der Waals surface area contributed by atoms with E-state index >= 15 is 0 Å². The van der Waals surface area contributed by atoms with E-state index in [2.05, 4.69) is 81.9 Å². The van der Waals surface area contributed by atoms with Crippen LogP contribution in [0.1, 0.15) is 141 Å². The largest absolute Gasteiger partial charge is 0.488 e. The van der Waals surface area contributed by atoms with Crippen LogP contribution in [-0.4, -0.2) is 30.9 Å². The number of ether oxygens (including phenoxy) is 5. The summed E-state index contributed by atoms with van der Waals surface area (Å²) in [5.41, 5.74) is 5.61. The van der Waals surface area contributed by atoms with Gasteiger partial charge in [0.1, 0.15) is 47.2 Å². The molecule has 0 amide bonds. The van der Waals surface area contributed by atoms with Gasteiger partial charge < -0.3 is 36.9 Å². The maximum Gasteiger partial charge on any atom is 0.350 e. The lowest BCUT2D eigenvalue weighted by atomic mass is 9.94. The van der Waals surface area contributed by atoms with Gasteiger partial charge in [-0.15, -0.1) is 6.58 Å². The van der Waals surface area contributed by atoms with Crippen LogP contribution >= 0.6 is 0 Å². The van der Waals surface area contributed by atoms with E-state index in [-0.39, 0.29) is 6.10 Å². The summed E-state index contributed by atoms with van der Waals surface area (Å²) >= 11 is 0. The van der Waals surface area contributed by atoms with Gasteiger partial charge in [0.15, 0.2) is 0 Å². The summed E-state index contributed by atoms with van der Waals surface area (Å²) in [6.07, 6.45) is 17.1. The van der Waals surface area contributed by atoms with Gasteiger partial charge in [0.05, 0.1) is 46.0 Å². The fourth-order valence-electron chi connectivity index (χ4n) is 6.42. The van der Waals surface area contributed by atoms with Crippen molar-refractivity contribution >= 4 is 39.0 Å². The fourth-order valence-corrected chi connectivity index (χ4v) is 6.42. The third-order valence-electron chi connectivity index (χ3n) is 10.9. The molecule has 1 saturated heterocycles. The van der Waals surface area contributed by atoms with Crippen LogP contribution < -0.4 is 19.8 Å². The maximum absolute atomic E-state index is 11.8. The third kappa shape index (κ3) is 14.5. The van der Waals surface area contributed by atoms with Crippen molar-refractivity contribution in [2.24, 2.45) is 11.3 Å². The summed E-state index contributed by atoms with van der Waals surface area (Å²) in [7, 11) is 0. The molecule has 0 N–H and O–H groups in total. The number of benzene rings is 2. The standard InChI is InChI=1S/C39H40O9.C6H14.C5H12.C4H8/c1-6-7-24(2)13-18-44-37-27-12-17-39(46-33(27)23-31-29(37)16-21-42-31)47-34(38(4,5)48-39)10-8-25(3)14-19-43-36-26-9-11-35(40)45-32(26)22-30-28(36)15-20-41-30;1-5-6(2,3)4;1-4-5(2)3;1-4(2)3/h9,11-17,20-23,34H,6-8,10,18-19H2,1-5H3;5H2,1-4H3;5H,4H2,1-3H3;1H2,2-3H3/b24-13+,25-14+;;;. The summed E-state index contributed by atoms with van der Waals surface area (Å²) in [6, 6.07) is 10.4. The van der Waals surface area contributed by atoms with Crippen molar-refractivity contribution in [3.63, 3.8) is 0 Å². The van der Waals surface area contributed by atoms with E-state index in [1.807, 2.05) is 64.1 Å². The van der Waals surface area contributed by atoms with Crippen LogP contribution in [0, 0.1) is 11.3 Å². The Morgan fingerprint density at radius 2 is 1.37 bits per heavy atom. The SMILES string of the molecule is C=C(C)C.CCC(C)(C)C.CCC(C)C.CCC/C(C)=C/COc1c2c(cc3occc13)OC1(C=C2)OC(CC/C(C)=C/COc2c3ccoc3cc3oc(=O)ccc23)C(C)(C)O1. The van der Waals surface area contributed by atoms with Gasteiger partial charge in [-0.3, -0.25) is 0 Å². The smallest absolute Gasteiger partial charge is 0.350 e. The number of furan rings is 2. The Balaban J connectivity index is 0.000000503. The second kappa shape index (κ2) is 22.6. The van der Waals surface area contributed by atoms with Gasteiger partial charge in [-0.2, -0.15) is 0 Å². The molecule has 63 heavy (non-hydrogen) atoms. The van der Waals surface area contributed by atoms with E-state index in [9.17, 15) is 4.79 Å². The van der Waals surface area contributed by atoms with Crippen molar-refractivity contribution in [2.45, 2.75) is 153 Å². The number of fused-ring (bicyclic) bond motifs is 4. The summed E-state index contributed by atoms with van der Waals surface area (Å²) in [6.45, 7) is 34.3. The second-order valence-corrected chi connectivity index (χ2v) is 18.9. The van der Waals surface area contributed by atoms with Gasteiger partial charge in [0, 0.05) is 24.3 Å². The molecule has 2 atom stereocenters. The van der Waals surface area contributed by atoms with Gasteiger partial charge in [-0.1, -0.05) is 91.4 Å². The van der Waals surface area contributed by atoms with Crippen molar-refractivity contribution in [3.05, 3.63) is 106 Å². The van der Waals surface area contributed by atoms with Crippen LogP contribution in [0.25, 0.3) is 39.0 Å². The van der Waals surface area contributed by atoms with E-state index in [1.54, 1.807) is 24.7 Å². The van der Waals surface area contributed by atoms with Crippen LogP contribution in [0.4, 0.5) is 0 Å². The van der Waals surface area contributed by atoms with Crippen molar-refractivity contribution in [1.82, 2.24) is 0 Å². The average Bonchev–Trinajstić information content (AvgIpc) is 3.93. The minimum absolute atomic E-state index is 0.241. The van der Waals surface area contributed by atoms with Gasteiger partial charge in [0.25, 0.3) is 0 Å². The van der Waals surface area contributed by atoms with E-state index < -0.39 is 17.2 Å². The van der Waals surface area contributed by atoms with Crippen molar-refractivity contribution in [3.8, 4) is 17.2 Å². The minimum Gasteiger partial charge on any atom is -0.488 e. The van der Waals surface area contributed by atoms with Crippen LogP contribution in [-0.2, 0) is 9.47 Å². The highest BCUT2D eigenvalue weighted by Gasteiger charge is 2.54. The number of rotatable bonds is 12. The monoisotopic (exact) mass is 867 g/mol. The lowest BCUT2D eigenvalue weighted by molar-refractivity contribution is -0.270. The molecule has 7 rings (SSSR count). The van der Waals surface area contributed by atoms with E-state index in [0.29, 0.717) is 64.4 Å². The average molecular weight is 867 g/mol. The van der Waals surface area contributed by atoms with Gasteiger partial charge in [0.2, 0.25) is 0 Å². The molecule has 1 fully saturated rings. The van der Waals surface area contributed by atoms with Crippen LogP contribution in [0.15, 0.2) is 108 Å². The lowest BCUT2D eigenvalue weighted by Gasteiger charge is -2.30. The summed E-state index contributed by atoms with van der Waals surface area (Å²) < 4.78 is 48.7. The lowest BCUT2D eigenvalue weighted by Crippen LogP contribution is -2.38. The summed E-state index contributed by atoms with van der Waals surface area (Å²) in [5.74, 6) is 1.42. The molecule has 1 spiro atoms. The quantitative estimate of drug-likeness (QED) is 0.0896. The highest BCUT2D eigenvalue weighted by molar-refractivity contribution is 6.01. The highest BCUT2D eigenvalue weighted by Crippen LogP contribution is 2.48. The first-order chi connectivity index (χ1) is 29.7. The van der Waals surface area contributed by atoms with Gasteiger partial charge in [-0.25, -0.2) is 4.79 Å². The van der Waals surface area contributed by atoms with E-state index in [0.717, 1.165) is 47.1 Å². The molecule has 9 nitrogen and oxygen atoms in total. The zero-order valence-corrected chi connectivity index (χ0v) is 40.6. The predicted molar refractivity (Wildman–Crippen MR) is 259 cm³/mol. The molecule has 2 aliphatic rings. The Morgan fingerprint density at radius 3 is 1.94 bits per heavy atom. The molecule has 2 aliphatic heterocycles. The van der Waals surface area contributed by atoms with Crippen molar-refractivity contribution in [2.75, 3.05) is 13.2 Å². The number of hydrogen-bond acceptors (Lipinski definition) is 9. The van der Waals surface area contributed by atoms with Gasteiger partial charge in [-0.05, 0) is 109 Å². The molecule has 5 heterocycles. The fraction of sp³-hybridized carbons (Fsp3) is 0.500. The topological polar surface area (TPSA) is 103 Å². The predicted octanol–water partition coefficient (Wildman–Crippen LogP) is 15.5. The number of allylic oxidation sites excluding steroid dienone is 3. The van der Waals surface area contributed by atoms with Crippen molar-refractivity contribution < 1.29 is 36.9 Å². The molecular formula is C54H74O9. The highest BCUT2D eigenvalue weighted by atomic mass is 16.9. The maximum atomic E-state index is 11.8. The Morgan fingerprint density at radius 1 is 0.825 bits per heavy atom. The van der Waals surface area contributed by atoms with Crippen molar-refractivity contribution in [1.29, 1.82) is 0 Å². The third-order valence-corrected chi connectivity index (χ3v) is 10.9. The molecule has 2 aromatic carbocycles. The molecule has 9 heteroatoms. The number of hydrogen-bond donors (Lipinski definition) is 0. The Hall–Kier alpha value is -4.99. The summed E-state index contributed by atoms with van der Waals surface area (Å²) in [4.78, 5) is 11.8. The van der Waals surface area contributed by atoms with Crippen LogP contribution in [0.3, 0.4) is 0 Å². The molecule has 0 aliphatic carbocycles. The van der Waals surface area contributed by atoms with Crippen LogP contribution in [0.5, 0.6) is 17.2 Å². The Labute approximate surface area is 376 Å². The molecule has 344 valence electrons. The zero-order valence-electron chi connectivity index (χ0n) is 40.6. The molecule has 3 aromatic heterocycles. The first kappa shape index (κ1) is 50.7. The molecule has 0 bridgehead atoms. The first-order valence-electron chi connectivity index (χ1n) is 22.6. The molecule has 0 saturated carbocycles. The minimum atomic E-state index is -1.36. The van der Waals surface area contributed by atoms with Gasteiger partial charge >= 0.3 is 11.6 Å². The molecule has 2 unspecified atom stereocenters. The first-order valence-corrected chi connectivity index (χ1v) is 22.6. The Bertz CT molecular complexity index is 2400. The van der Waals surface area contributed by atoms with Crippen LogP contribution in [0.2, 0.25) is 0 Å². The molecular weight excluding hydrogens is 793 g/mol. The molecule has 5 aromatic rings. The van der Waals surface area contributed by atoms with E-state index in [4.69, 9.17) is 36.9 Å². The van der Waals surface area contributed by atoms with E-state index in [1.165, 1.54) is 30.1 Å². The molecule has 0 radical (unpaired) electrons. The Kier molecular flexibility index (Phi) is 18.1. The zero-order chi connectivity index (χ0) is 46.5. The normalized spacial score (nSPS) is 18.0. The second-order valence-electron chi connectivity index (χ2n) is 18.9. The summed E-state index contributed by atoms with van der Waals surface area (Å²) in [5, 5.41) is 2.42.